The lowest BCUT2D eigenvalue weighted by Gasteiger charge is -2.15. The van der Waals surface area contributed by atoms with Crippen LogP contribution in [0.1, 0.15) is 12.0 Å². The minimum absolute atomic E-state index is 0.237. The van der Waals surface area contributed by atoms with Gasteiger partial charge in [0, 0.05) is 13.1 Å². The molecule has 1 aromatic carbocycles. The van der Waals surface area contributed by atoms with Gasteiger partial charge in [-0.05, 0) is 24.1 Å². The highest BCUT2D eigenvalue weighted by Gasteiger charge is 2.29. The molecule has 1 aliphatic rings. The van der Waals surface area contributed by atoms with Gasteiger partial charge in [0.15, 0.2) is 0 Å². The molecule has 0 saturated carbocycles. The number of likely N-dealkylation sites (tertiary alicyclic amines) is 1. The Kier molecular flexibility index (Phi) is 2.68. The van der Waals surface area contributed by atoms with Crippen molar-refractivity contribution in [2.75, 3.05) is 6.54 Å². The summed E-state index contributed by atoms with van der Waals surface area (Å²) in [4.78, 5) is 13.0. The third-order valence-corrected chi connectivity index (χ3v) is 2.56. The Morgan fingerprint density at radius 2 is 2.07 bits per heavy atom. The van der Waals surface area contributed by atoms with Gasteiger partial charge in [0.25, 0.3) is 5.91 Å². The van der Waals surface area contributed by atoms with Crippen molar-refractivity contribution >= 4 is 5.91 Å². The SMILES string of the molecule is O=C1[C@@H](O)CCN1Cc1ccc(F)cc1. The van der Waals surface area contributed by atoms with E-state index >= 15 is 0 Å². The maximum atomic E-state index is 12.6. The quantitative estimate of drug-likeness (QED) is 0.786. The third kappa shape index (κ3) is 2.15. The summed E-state index contributed by atoms with van der Waals surface area (Å²) < 4.78 is 12.6. The topological polar surface area (TPSA) is 40.5 Å². The summed E-state index contributed by atoms with van der Waals surface area (Å²) in [5, 5.41) is 9.24. The first-order valence-electron chi connectivity index (χ1n) is 4.88. The lowest BCUT2D eigenvalue weighted by atomic mass is 10.2. The highest BCUT2D eigenvalue weighted by atomic mass is 19.1. The van der Waals surface area contributed by atoms with Gasteiger partial charge in [0.2, 0.25) is 0 Å². The zero-order valence-electron chi connectivity index (χ0n) is 8.19. The molecule has 3 nitrogen and oxygen atoms in total. The number of benzene rings is 1. The van der Waals surface area contributed by atoms with E-state index in [1.165, 1.54) is 12.1 Å². The van der Waals surface area contributed by atoms with Crippen molar-refractivity contribution in [2.45, 2.75) is 19.1 Å². The van der Waals surface area contributed by atoms with Crippen LogP contribution in [0, 0.1) is 5.82 Å². The Bertz CT molecular complexity index is 363. The molecule has 1 amide bonds. The molecule has 1 fully saturated rings. The first kappa shape index (κ1) is 10.1. The number of aliphatic hydroxyl groups excluding tert-OH is 1. The summed E-state index contributed by atoms with van der Waals surface area (Å²) in [5.74, 6) is -0.522. The minimum Gasteiger partial charge on any atom is -0.383 e. The molecular formula is C11H12FNO2. The zero-order chi connectivity index (χ0) is 10.8. The zero-order valence-corrected chi connectivity index (χ0v) is 8.19. The maximum Gasteiger partial charge on any atom is 0.251 e. The van der Waals surface area contributed by atoms with Crippen molar-refractivity contribution in [1.82, 2.24) is 4.90 Å². The van der Waals surface area contributed by atoms with Crippen LogP contribution in [-0.2, 0) is 11.3 Å². The van der Waals surface area contributed by atoms with E-state index in [1.807, 2.05) is 0 Å². The van der Waals surface area contributed by atoms with Crippen molar-refractivity contribution in [1.29, 1.82) is 0 Å². The largest absolute Gasteiger partial charge is 0.383 e. The molecule has 0 unspecified atom stereocenters. The number of amides is 1. The van der Waals surface area contributed by atoms with Crippen molar-refractivity contribution < 1.29 is 14.3 Å². The molecular weight excluding hydrogens is 197 g/mol. The van der Waals surface area contributed by atoms with Gasteiger partial charge in [-0.3, -0.25) is 4.79 Å². The van der Waals surface area contributed by atoms with Gasteiger partial charge in [-0.25, -0.2) is 4.39 Å². The number of hydrogen-bond donors (Lipinski definition) is 1. The number of halogens is 1. The molecule has 15 heavy (non-hydrogen) atoms. The van der Waals surface area contributed by atoms with Gasteiger partial charge in [-0.15, -0.1) is 0 Å². The second-order valence-electron chi connectivity index (χ2n) is 3.69. The molecule has 1 aliphatic heterocycles. The molecule has 0 bridgehead atoms. The van der Waals surface area contributed by atoms with E-state index < -0.39 is 6.10 Å². The standard InChI is InChI=1S/C11H12FNO2/c12-9-3-1-8(2-4-9)7-13-6-5-10(14)11(13)15/h1-4,10,14H,5-7H2/t10-/m0/s1. The average molecular weight is 209 g/mol. The third-order valence-electron chi connectivity index (χ3n) is 2.56. The number of hydrogen-bond acceptors (Lipinski definition) is 2. The van der Waals surface area contributed by atoms with Crippen molar-refractivity contribution in [2.24, 2.45) is 0 Å². The lowest BCUT2D eigenvalue weighted by molar-refractivity contribution is -0.134. The Morgan fingerprint density at radius 1 is 1.40 bits per heavy atom. The molecule has 4 heteroatoms. The molecule has 0 aromatic heterocycles. The summed E-state index contributed by atoms with van der Waals surface area (Å²) in [5.41, 5.74) is 0.874. The number of carbonyl (C=O) groups excluding carboxylic acids is 1. The van der Waals surface area contributed by atoms with E-state index in [-0.39, 0.29) is 11.7 Å². The minimum atomic E-state index is -0.856. The van der Waals surface area contributed by atoms with E-state index in [2.05, 4.69) is 0 Å². The predicted molar refractivity (Wildman–Crippen MR) is 52.4 cm³/mol. The van der Waals surface area contributed by atoms with Crippen LogP contribution in [0.15, 0.2) is 24.3 Å². The second kappa shape index (κ2) is 3.98. The Labute approximate surface area is 87.1 Å². The van der Waals surface area contributed by atoms with E-state index in [0.717, 1.165) is 5.56 Å². The molecule has 1 saturated heterocycles. The van der Waals surface area contributed by atoms with Crippen LogP contribution in [0.2, 0.25) is 0 Å². The van der Waals surface area contributed by atoms with Crippen LogP contribution in [0.3, 0.4) is 0 Å². The Morgan fingerprint density at radius 3 is 2.60 bits per heavy atom. The van der Waals surface area contributed by atoms with Gasteiger partial charge >= 0.3 is 0 Å². The number of aliphatic hydroxyl groups is 1. The molecule has 0 radical (unpaired) electrons. The highest BCUT2D eigenvalue weighted by molar-refractivity contribution is 5.82. The van der Waals surface area contributed by atoms with Crippen LogP contribution in [0.5, 0.6) is 0 Å². The molecule has 1 N–H and O–H groups in total. The van der Waals surface area contributed by atoms with Crippen LogP contribution < -0.4 is 0 Å². The summed E-state index contributed by atoms with van der Waals surface area (Å²) in [6.07, 6.45) is -0.370. The molecule has 1 heterocycles. The summed E-state index contributed by atoms with van der Waals surface area (Å²) in [6.45, 7) is 1.01. The van der Waals surface area contributed by atoms with Gasteiger partial charge in [0.1, 0.15) is 11.9 Å². The van der Waals surface area contributed by atoms with E-state index in [1.54, 1.807) is 17.0 Å². The van der Waals surface area contributed by atoms with Gasteiger partial charge in [0.05, 0.1) is 0 Å². The van der Waals surface area contributed by atoms with Crippen LogP contribution >= 0.6 is 0 Å². The van der Waals surface area contributed by atoms with Gasteiger partial charge < -0.3 is 10.0 Å². The molecule has 80 valence electrons. The van der Waals surface area contributed by atoms with E-state index in [9.17, 15) is 14.3 Å². The summed E-state index contributed by atoms with van der Waals surface area (Å²) in [6, 6.07) is 6.03. The highest BCUT2D eigenvalue weighted by Crippen LogP contribution is 2.15. The molecule has 1 atom stereocenters. The Hall–Kier alpha value is -1.42. The molecule has 2 rings (SSSR count). The molecule has 0 spiro atoms. The smallest absolute Gasteiger partial charge is 0.251 e. The van der Waals surface area contributed by atoms with E-state index in [4.69, 9.17) is 0 Å². The fourth-order valence-electron chi connectivity index (χ4n) is 1.69. The maximum absolute atomic E-state index is 12.6. The fourth-order valence-corrected chi connectivity index (χ4v) is 1.69. The molecule has 1 aromatic rings. The number of carbonyl (C=O) groups is 1. The molecule has 0 aliphatic carbocycles. The number of rotatable bonds is 2. The Balaban J connectivity index is 2.03. The average Bonchev–Trinajstić information content (AvgIpc) is 2.53. The second-order valence-corrected chi connectivity index (χ2v) is 3.69. The van der Waals surface area contributed by atoms with Gasteiger partial charge in [-0.2, -0.15) is 0 Å². The normalized spacial score (nSPS) is 21.1. The summed E-state index contributed by atoms with van der Waals surface area (Å²) >= 11 is 0. The van der Waals surface area contributed by atoms with Crippen molar-refractivity contribution in [3.05, 3.63) is 35.6 Å². The monoisotopic (exact) mass is 209 g/mol. The van der Waals surface area contributed by atoms with Crippen LogP contribution in [0.25, 0.3) is 0 Å². The van der Waals surface area contributed by atoms with E-state index in [0.29, 0.717) is 19.5 Å². The van der Waals surface area contributed by atoms with Gasteiger partial charge in [-0.1, -0.05) is 12.1 Å². The van der Waals surface area contributed by atoms with Crippen molar-refractivity contribution in [3.63, 3.8) is 0 Å². The van der Waals surface area contributed by atoms with Crippen LogP contribution in [-0.4, -0.2) is 28.6 Å². The number of nitrogens with zero attached hydrogens (tertiary/aromatic N) is 1. The summed E-state index contributed by atoms with van der Waals surface area (Å²) in [7, 11) is 0. The lowest BCUT2D eigenvalue weighted by Crippen LogP contribution is -2.28. The fraction of sp³-hybridized carbons (Fsp3) is 0.364. The van der Waals surface area contributed by atoms with Crippen LogP contribution in [0.4, 0.5) is 4.39 Å². The first-order chi connectivity index (χ1) is 7.16. The first-order valence-corrected chi connectivity index (χ1v) is 4.88. The van der Waals surface area contributed by atoms with Crippen molar-refractivity contribution in [3.8, 4) is 0 Å². The predicted octanol–water partition coefficient (Wildman–Crippen LogP) is 0.919.